The number of hydrogen-bond donors (Lipinski definition) is 3. The molecule has 1 aromatic carbocycles. The first-order valence-electron chi connectivity index (χ1n) is 12.4. The SMILES string of the molecule is CCN1CCCC1CNc1nc(Nc2ccc(OC)c(Cl)c2)nc(NC2CN3CCC2CC3)n1. The summed E-state index contributed by atoms with van der Waals surface area (Å²) in [5, 5.41) is 10.9. The van der Waals surface area contributed by atoms with Crippen LogP contribution >= 0.6 is 11.6 Å². The summed E-state index contributed by atoms with van der Waals surface area (Å²) < 4.78 is 5.27. The van der Waals surface area contributed by atoms with E-state index >= 15 is 0 Å². The zero-order chi connectivity index (χ0) is 23.5. The van der Waals surface area contributed by atoms with Gasteiger partial charge in [-0.05, 0) is 76.0 Å². The number of rotatable bonds is 9. The average molecular weight is 487 g/mol. The fourth-order valence-corrected chi connectivity index (χ4v) is 5.75. The molecule has 1 aromatic heterocycles. The zero-order valence-corrected chi connectivity index (χ0v) is 20.8. The molecule has 0 saturated carbocycles. The van der Waals surface area contributed by atoms with Crippen LogP contribution in [-0.2, 0) is 0 Å². The number of nitrogens with one attached hydrogen (secondary N) is 3. The van der Waals surface area contributed by atoms with Crippen molar-refractivity contribution in [1.29, 1.82) is 0 Å². The van der Waals surface area contributed by atoms with Crippen molar-refractivity contribution in [1.82, 2.24) is 24.8 Å². The molecule has 2 unspecified atom stereocenters. The molecule has 0 spiro atoms. The van der Waals surface area contributed by atoms with Crippen LogP contribution in [-0.4, -0.2) is 83.2 Å². The summed E-state index contributed by atoms with van der Waals surface area (Å²) in [4.78, 5) is 19.1. The van der Waals surface area contributed by atoms with Gasteiger partial charge in [0.15, 0.2) is 0 Å². The van der Waals surface area contributed by atoms with Gasteiger partial charge in [0.05, 0.1) is 12.1 Å². The minimum atomic E-state index is 0.367. The Morgan fingerprint density at radius 1 is 1.06 bits per heavy atom. The number of anilines is 4. The fraction of sp³-hybridized carbons (Fsp3) is 0.625. The van der Waals surface area contributed by atoms with Crippen LogP contribution in [0.3, 0.4) is 0 Å². The van der Waals surface area contributed by atoms with E-state index in [2.05, 4.69) is 37.7 Å². The molecule has 6 rings (SSSR count). The molecule has 3 N–H and O–H groups in total. The van der Waals surface area contributed by atoms with Crippen molar-refractivity contribution in [3.63, 3.8) is 0 Å². The fourth-order valence-electron chi connectivity index (χ4n) is 5.49. The minimum absolute atomic E-state index is 0.367. The number of benzene rings is 1. The average Bonchev–Trinajstić information content (AvgIpc) is 3.31. The zero-order valence-electron chi connectivity index (χ0n) is 20.1. The molecule has 4 saturated heterocycles. The molecule has 2 aromatic rings. The minimum Gasteiger partial charge on any atom is -0.495 e. The van der Waals surface area contributed by atoms with Gasteiger partial charge in [0.2, 0.25) is 17.8 Å². The summed E-state index contributed by atoms with van der Waals surface area (Å²) in [6.07, 6.45) is 4.91. The number of ether oxygens (including phenoxy) is 1. The Morgan fingerprint density at radius 2 is 1.85 bits per heavy atom. The molecule has 4 aliphatic rings. The Morgan fingerprint density at radius 3 is 2.56 bits per heavy atom. The third-order valence-electron chi connectivity index (χ3n) is 7.42. The summed E-state index contributed by atoms with van der Waals surface area (Å²) in [5.41, 5.74) is 0.796. The van der Waals surface area contributed by atoms with Gasteiger partial charge in [-0.3, -0.25) is 4.90 Å². The number of halogens is 1. The molecule has 5 heterocycles. The number of aromatic nitrogens is 3. The van der Waals surface area contributed by atoms with Crippen LogP contribution in [0.4, 0.5) is 23.5 Å². The van der Waals surface area contributed by atoms with E-state index in [0.29, 0.717) is 46.6 Å². The Hall–Kier alpha value is -2.36. The molecule has 0 aliphatic carbocycles. The lowest BCUT2D eigenvalue weighted by Gasteiger charge is -2.44. The molecule has 4 fully saturated rings. The van der Waals surface area contributed by atoms with Gasteiger partial charge in [-0.15, -0.1) is 0 Å². The molecule has 9 nitrogen and oxygen atoms in total. The van der Waals surface area contributed by atoms with Crippen molar-refractivity contribution < 1.29 is 4.74 Å². The number of fused-ring (bicyclic) bond motifs is 3. The lowest BCUT2D eigenvalue weighted by molar-refractivity contribution is 0.0972. The Bertz CT molecular complexity index is 983. The second-order valence-corrected chi connectivity index (χ2v) is 9.88. The van der Waals surface area contributed by atoms with E-state index in [9.17, 15) is 0 Å². The van der Waals surface area contributed by atoms with E-state index in [1.54, 1.807) is 7.11 Å². The van der Waals surface area contributed by atoms with Crippen molar-refractivity contribution in [2.75, 3.05) is 62.3 Å². The maximum absolute atomic E-state index is 6.32. The molecule has 2 bridgehead atoms. The van der Waals surface area contributed by atoms with Gasteiger partial charge in [-0.1, -0.05) is 18.5 Å². The van der Waals surface area contributed by atoms with Crippen molar-refractivity contribution in [3.8, 4) is 5.75 Å². The number of likely N-dealkylation sites (N-methyl/N-ethyl adjacent to an activating group) is 1. The van der Waals surface area contributed by atoms with Gasteiger partial charge < -0.3 is 25.6 Å². The van der Waals surface area contributed by atoms with Gasteiger partial charge >= 0.3 is 0 Å². The predicted molar refractivity (Wildman–Crippen MR) is 136 cm³/mol. The number of likely N-dealkylation sites (tertiary alicyclic amines) is 1. The third kappa shape index (κ3) is 5.31. The Kier molecular flexibility index (Phi) is 7.22. The number of piperidine rings is 3. The second kappa shape index (κ2) is 10.5. The van der Waals surface area contributed by atoms with Crippen LogP contribution in [0.5, 0.6) is 5.75 Å². The van der Waals surface area contributed by atoms with Crippen molar-refractivity contribution in [3.05, 3.63) is 23.2 Å². The molecular formula is C24H35ClN8O. The third-order valence-corrected chi connectivity index (χ3v) is 7.71. The van der Waals surface area contributed by atoms with Gasteiger partial charge in [0.1, 0.15) is 5.75 Å². The standard InChI is InChI=1S/C24H35ClN8O/c1-3-33-10-4-5-18(33)14-26-22-29-23(27-17-6-7-21(34-2)19(25)13-17)31-24(30-22)28-20-15-32-11-8-16(20)9-12-32/h6-7,13,16,18,20H,3-5,8-12,14-15H2,1-2H3,(H3,26,27,28,29,30,31). The number of hydrogen-bond acceptors (Lipinski definition) is 9. The highest BCUT2D eigenvalue weighted by atomic mass is 35.5. The van der Waals surface area contributed by atoms with Crippen LogP contribution in [0.25, 0.3) is 0 Å². The largest absolute Gasteiger partial charge is 0.495 e. The maximum atomic E-state index is 6.32. The van der Waals surface area contributed by atoms with Crippen LogP contribution in [0.1, 0.15) is 32.6 Å². The summed E-state index contributed by atoms with van der Waals surface area (Å²) in [6.45, 7) is 8.73. The Labute approximate surface area is 206 Å². The van der Waals surface area contributed by atoms with Crippen molar-refractivity contribution in [2.24, 2.45) is 5.92 Å². The Balaban J connectivity index is 1.35. The smallest absolute Gasteiger partial charge is 0.233 e. The van der Waals surface area contributed by atoms with Crippen LogP contribution in [0, 0.1) is 5.92 Å². The first kappa shape index (κ1) is 23.4. The first-order chi connectivity index (χ1) is 16.6. The highest BCUT2D eigenvalue weighted by Crippen LogP contribution is 2.31. The van der Waals surface area contributed by atoms with Crippen molar-refractivity contribution >= 4 is 35.1 Å². The highest BCUT2D eigenvalue weighted by molar-refractivity contribution is 6.32. The van der Waals surface area contributed by atoms with Gasteiger partial charge in [-0.25, -0.2) is 0 Å². The van der Waals surface area contributed by atoms with E-state index in [0.717, 1.165) is 31.9 Å². The van der Waals surface area contributed by atoms with E-state index in [1.807, 2.05) is 18.2 Å². The summed E-state index contributed by atoms with van der Waals surface area (Å²) in [6, 6.07) is 6.43. The number of nitrogens with zero attached hydrogens (tertiary/aromatic N) is 5. The maximum Gasteiger partial charge on any atom is 0.233 e. The van der Waals surface area contributed by atoms with Crippen LogP contribution in [0.2, 0.25) is 5.02 Å². The highest BCUT2D eigenvalue weighted by Gasteiger charge is 2.34. The van der Waals surface area contributed by atoms with Crippen LogP contribution < -0.4 is 20.7 Å². The second-order valence-electron chi connectivity index (χ2n) is 9.47. The molecule has 2 atom stereocenters. The normalized spacial score (nSPS) is 26.4. The summed E-state index contributed by atoms with van der Waals surface area (Å²) in [5.74, 6) is 2.99. The molecular weight excluding hydrogens is 452 g/mol. The molecule has 10 heteroatoms. The van der Waals surface area contributed by atoms with Gasteiger partial charge in [0.25, 0.3) is 0 Å². The molecule has 0 amide bonds. The topological polar surface area (TPSA) is 90.5 Å². The van der Waals surface area contributed by atoms with Crippen LogP contribution in [0.15, 0.2) is 18.2 Å². The first-order valence-corrected chi connectivity index (χ1v) is 12.8. The molecule has 0 radical (unpaired) electrons. The molecule has 34 heavy (non-hydrogen) atoms. The van der Waals surface area contributed by atoms with Crippen molar-refractivity contribution in [2.45, 2.75) is 44.7 Å². The van der Waals surface area contributed by atoms with Gasteiger partial charge in [-0.2, -0.15) is 15.0 Å². The molecule has 4 aliphatic heterocycles. The summed E-state index contributed by atoms with van der Waals surface area (Å²) >= 11 is 6.32. The predicted octanol–water partition coefficient (Wildman–Crippen LogP) is 3.68. The summed E-state index contributed by atoms with van der Waals surface area (Å²) in [7, 11) is 1.61. The van der Waals surface area contributed by atoms with Gasteiger partial charge in [0, 0.05) is 30.9 Å². The molecule has 184 valence electrons. The number of methoxy groups -OCH3 is 1. The lowest BCUT2D eigenvalue weighted by Crippen LogP contribution is -2.53. The van der Waals surface area contributed by atoms with E-state index in [1.165, 1.54) is 38.8 Å². The van der Waals surface area contributed by atoms with E-state index in [4.69, 9.17) is 26.3 Å². The quantitative estimate of drug-likeness (QED) is 0.491. The lowest BCUT2D eigenvalue weighted by atomic mass is 9.84. The van der Waals surface area contributed by atoms with E-state index in [-0.39, 0.29) is 0 Å². The monoisotopic (exact) mass is 486 g/mol. The van der Waals surface area contributed by atoms with E-state index < -0.39 is 0 Å².